The average Bonchev–Trinajstić information content (AvgIpc) is 2.26. The van der Waals surface area contributed by atoms with Crippen molar-refractivity contribution in [2.45, 2.75) is 57.7 Å². The van der Waals surface area contributed by atoms with E-state index in [1.807, 2.05) is 6.92 Å². The zero-order valence-electron chi connectivity index (χ0n) is 10.9. The summed E-state index contributed by atoms with van der Waals surface area (Å²) >= 11 is 1.15. The highest BCUT2D eigenvalue weighted by Crippen LogP contribution is 2.10. The number of unbranched alkanes of at least 4 members (excludes halogenated alkanes) is 2. The molecule has 0 radical (unpaired) electrons. The van der Waals surface area contributed by atoms with Crippen molar-refractivity contribution < 1.29 is 14.7 Å². The fourth-order valence-corrected chi connectivity index (χ4v) is 1.99. The number of rotatable bonds is 9. The molecular formula is C12H23NO3S. The second-order valence-electron chi connectivity index (χ2n) is 4.26. The molecule has 0 aromatic carbocycles. The second kappa shape index (κ2) is 9.33. The number of nitrogens with one attached hydrogen (secondary N) is 1. The summed E-state index contributed by atoms with van der Waals surface area (Å²) in [6.07, 6.45) is 4.47. The largest absolute Gasteiger partial charge is 0.480 e. The molecule has 0 saturated heterocycles. The van der Waals surface area contributed by atoms with Gasteiger partial charge >= 0.3 is 5.97 Å². The molecule has 0 aromatic heterocycles. The molecule has 0 fully saturated rings. The number of carboxylic acids is 1. The molecule has 0 bridgehead atoms. The molecule has 1 amide bonds. The van der Waals surface area contributed by atoms with Gasteiger partial charge in [-0.25, -0.2) is 0 Å². The van der Waals surface area contributed by atoms with Gasteiger partial charge in [-0.15, -0.1) is 11.8 Å². The van der Waals surface area contributed by atoms with Crippen LogP contribution in [-0.2, 0) is 9.59 Å². The van der Waals surface area contributed by atoms with Crippen LogP contribution in [0.15, 0.2) is 0 Å². The zero-order chi connectivity index (χ0) is 13.3. The van der Waals surface area contributed by atoms with Crippen molar-refractivity contribution in [2.24, 2.45) is 0 Å². The third kappa shape index (κ3) is 9.03. The van der Waals surface area contributed by atoms with Gasteiger partial charge in [0, 0.05) is 6.04 Å². The molecule has 2 N–H and O–H groups in total. The minimum atomic E-state index is -0.876. The zero-order valence-corrected chi connectivity index (χ0v) is 11.7. The Bertz CT molecular complexity index is 246. The summed E-state index contributed by atoms with van der Waals surface area (Å²) in [5.74, 6) is -0.739. The summed E-state index contributed by atoms with van der Waals surface area (Å²) in [5, 5.41) is 11.0. The molecule has 0 aliphatic rings. The van der Waals surface area contributed by atoms with Gasteiger partial charge in [0.05, 0.1) is 11.0 Å². The molecule has 100 valence electrons. The highest BCUT2D eigenvalue weighted by molar-refractivity contribution is 8.01. The Hall–Kier alpha value is -0.710. The van der Waals surface area contributed by atoms with Crippen molar-refractivity contribution in [3.63, 3.8) is 0 Å². The van der Waals surface area contributed by atoms with Crippen LogP contribution in [0, 0.1) is 0 Å². The molecule has 2 atom stereocenters. The lowest BCUT2D eigenvalue weighted by atomic mass is 10.1. The topological polar surface area (TPSA) is 66.4 Å². The summed E-state index contributed by atoms with van der Waals surface area (Å²) < 4.78 is 0. The Morgan fingerprint density at radius 3 is 2.47 bits per heavy atom. The van der Waals surface area contributed by atoms with Gasteiger partial charge in [-0.05, 0) is 20.3 Å². The van der Waals surface area contributed by atoms with Crippen LogP contribution in [0.1, 0.15) is 46.5 Å². The second-order valence-corrected chi connectivity index (χ2v) is 5.58. The first-order valence-corrected chi connectivity index (χ1v) is 7.16. The molecule has 2 unspecified atom stereocenters. The fraction of sp³-hybridized carbons (Fsp3) is 0.833. The van der Waals surface area contributed by atoms with Crippen LogP contribution in [0.3, 0.4) is 0 Å². The van der Waals surface area contributed by atoms with Crippen molar-refractivity contribution in [3.8, 4) is 0 Å². The van der Waals surface area contributed by atoms with E-state index in [0.29, 0.717) is 0 Å². The number of aliphatic carboxylic acids is 1. The number of amides is 1. The molecule has 0 heterocycles. The van der Waals surface area contributed by atoms with Crippen LogP contribution >= 0.6 is 11.8 Å². The maximum atomic E-state index is 11.5. The van der Waals surface area contributed by atoms with Crippen molar-refractivity contribution in [2.75, 3.05) is 5.75 Å². The van der Waals surface area contributed by atoms with E-state index < -0.39 is 11.2 Å². The Morgan fingerprint density at radius 2 is 1.94 bits per heavy atom. The van der Waals surface area contributed by atoms with E-state index in [0.717, 1.165) is 24.6 Å². The lowest BCUT2D eigenvalue weighted by molar-refractivity contribution is -0.136. The Kier molecular flexibility index (Phi) is 8.94. The smallest absolute Gasteiger partial charge is 0.316 e. The van der Waals surface area contributed by atoms with Gasteiger partial charge in [0.25, 0.3) is 0 Å². The van der Waals surface area contributed by atoms with Crippen molar-refractivity contribution >= 4 is 23.6 Å². The number of hydrogen-bond acceptors (Lipinski definition) is 3. The Labute approximate surface area is 108 Å². The average molecular weight is 261 g/mol. The SMILES string of the molecule is CCCCCC(C)NC(=O)CSC(C)C(=O)O. The molecule has 0 aliphatic carbocycles. The number of carbonyl (C=O) groups is 2. The van der Waals surface area contributed by atoms with Crippen LogP contribution in [0.25, 0.3) is 0 Å². The highest BCUT2D eigenvalue weighted by Gasteiger charge is 2.14. The van der Waals surface area contributed by atoms with Gasteiger partial charge in [-0.1, -0.05) is 26.2 Å². The Balaban J connectivity index is 3.67. The lowest BCUT2D eigenvalue weighted by Gasteiger charge is -2.14. The van der Waals surface area contributed by atoms with Gasteiger partial charge in [0.15, 0.2) is 0 Å². The molecule has 0 saturated carbocycles. The summed E-state index contributed by atoms with van der Waals surface area (Å²) in [6, 6.07) is 0.176. The molecular weight excluding hydrogens is 238 g/mol. The first kappa shape index (κ1) is 16.3. The Morgan fingerprint density at radius 1 is 1.29 bits per heavy atom. The minimum absolute atomic E-state index is 0.0768. The molecule has 0 spiro atoms. The minimum Gasteiger partial charge on any atom is -0.480 e. The standard InChI is InChI=1S/C12H23NO3S/c1-4-5-6-7-9(2)13-11(14)8-17-10(3)12(15)16/h9-10H,4-8H2,1-3H3,(H,13,14)(H,15,16). The van der Waals surface area contributed by atoms with Gasteiger partial charge in [-0.3, -0.25) is 9.59 Å². The number of thioether (sulfide) groups is 1. The summed E-state index contributed by atoms with van der Waals surface area (Å²) in [6.45, 7) is 5.72. The molecule has 17 heavy (non-hydrogen) atoms. The lowest BCUT2D eigenvalue weighted by Crippen LogP contribution is -2.34. The maximum Gasteiger partial charge on any atom is 0.316 e. The quantitative estimate of drug-likeness (QED) is 0.625. The van der Waals surface area contributed by atoms with E-state index in [1.54, 1.807) is 6.92 Å². The first-order chi connectivity index (χ1) is 7.97. The molecule has 0 rings (SSSR count). The van der Waals surface area contributed by atoms with Gasteiger partial charge < -0.3 is 10.4 Å². The van der Waals surface area contributed by atoms with E-state index in [9.17, 15) is 9.59 Å². The summed E-state index contributed by atoms with van der Waals surface area (Å²) in [4.78, 5) is 22.0. The maximum absolute atomic E-state index is 11.5. The first-order valence-electron chi connectivity index (χ1n) is 6.11. The van der Waals surface area contributed by atoms with Crippen molar-refractivity contribution in [1.82, 2.24) is 5.32 Å². The van der Waals surface area contributed by atoms with Crippen LogP contribution in [0.5, 0.6) is 0 Å². The van der Waals surface area contributed by atoms with E-state index in [1.165, 1.54) is 12.8 Å². The van der Waals surface area contributed by atoms with Crippen molar-refractivity contribution in [3.05, 3.63) is 0 Å². The molecule has 4 nitrogen and oxygen atoms in total. The number of carboxylic acid groups (broad SMARTS) is 1. The van der Waals surface area contributed by atoms with Crippen molar-refractivity contribution in [1.29, 1.82) is 0 Å². The van der Waals surface area contributed by atoms with Crippen LogP contribution in [-0.4, -0.2) is 34.0 Å². The number of carbonyl (C=O) groups excluding carboxylic acids is 1. The number of hydrogen-bond donors (Lipinski definition) is 2. The van der Waals surface area contributed by atoms with Gasteiger partial charge in [0.2, 0.25) is 5.91 Å². The van der Waals surface area contributed by atoms with Crippen LogP contribution in [0.2, 0.25) is 0 Å². The monoisotopic (exact) mass is 261 g/mol. The van der Waals surface area contributed by atoms with Gasteiger partial charge in [-0.2, -0.15) is 0 Å². The predicted molar refractivity (Wildman–Crippen MR) is 71.3 cm³/mol. The third-order valence-corrected chi connectivity index (χ3v) is 3.59. The summed E-state index contributed by atoms with van der Waals surface area (Å²) in [7, 11) is 0. The molecule has 0 aliphatic heterocycles. The molecule has 0 aromatic rings. The normalized spacial score (nSPS) is 14.1. The van der Waals surface area contributed by atoms with E-state index in [2.05, 4.69) is 12.2 Å². The predicted octanol–water partition coefficient (Wildman–Crippen LogP) is 2.28. The highest BCUT2D eigenvalue weighted by atomic mass is 32.2. The van der Waals surface area contributed by atoms with Crippen LogP contribution in [0.4, 0.5) is 0 Å². The third-order valence-electron chi connectivity index (χ3n) is 2.46. The molecule has 5 heteroatoms. The van der Waals surface area contributed by atoms with E-state index in [4.69, 9.17) is 5.11 Å². The van der Waals surface area contributed by atoms with Crippen LogP contribution < -0.4 is 5.32 Å². The fourth-order valence-electron chi connectivity index (χ4n) is 1.36. The van der Waals surface area contributed by atoms with E-state index in [-0.39, 0.29) is 17.7 Å². The van der Waals surface area contributed by atoms with Gasteiger partial charge in [0.1, 0.15) is 0 Å². The van der Waals surface area contributed by atoms with E-state index >= 15 is 0 Å². The summed E-state index contributed by atoms with van der Waals surface area (Å²) in [5.41, 5.74) is 0.